The molecular weight excluding hydrogens is 467 g/mol. The highest BCUT2D eigenvalue weighted by Gasteiger charge is 2.27. The fourth-order valence-corrected chi connectivity index (χ4v) is 5.68. The Morgan fingerprint density at radius 3 is 2.71 bits per heavy atom. The minimum atomic E-state index is -2.32. The van der Waals surface area contributed by atoms with Crippen molar-refractivity contribution in [3.63, 3.8) is 0 Å². The van der Waals surface area contributed by atoms with Crippen molar-refractivity contribution >= 4 is 27.4 Å². The van der Waals surface area contributed by atoms with Gasteiger partial charge in [-0.2, -0.15) is 5.10 Å². The van der Waals surface area contributed by atoms with Crippen molar-refractivity contribution in [1.82, 2.24) is 29.5 Å². The molecule has 5 heterocycles. The summed E-state index contributed by atoms with van der Waals surface area (Å²) in [5.74, 6) is 0.189. The first-order valence-corrected chi connectivity index (χ1v) is 13.5. The highest BCUT2D eigenvalue weighted by molar-refractivity contribution is 7.72. The van der Waals surface area contributed by atoms with Gasteiger partial charge in [0.1, 0.15) is 22.8 Å². The fourth-order valence-electron chi connectivity index (χ4n) is 5.28. The zero-order valence-electron chi connectivity index (χ0n) is 20.3. The van der Waals surface area contributed by atoms with E-state index in [1.807, 2.05) is 13.1 Å². The first-order chi connectivity index (χ1) is 16.8. The molecule has 0 saturated carbocycles. The number of aromatic nitrogens is 5. The summed E-state index contributed by atoms with van der Waals surface area (Å²) in [4.78, 5) is 14.9. The van der Waals surface area contributed by atoms with E-state index in [1.54, 1.807) is 16.9 Å². The molecule has 0 spiro atoms. The highest BCUT2D eigenvalue weighted by Crippen LogP contribution is 2.38. The van der Waals surface area contributed by atoms with Gasteiger partial charge in [0.15, 0.2) is 5.65 Å². The molecule has 186 valence electrons. The number of nitrogens with one attached hydrogen (secondary N) is 1. The highest BCUT2D eigenvalue weighted by atomic mass is 32.2. The molecule has 0 bridgehead atoms. The first-order valence-electron chi connectivity index (χ1n) is 12.2. The van der Waals surface area contributed by atoms with Gasteiger partial charge in [-0.05, 0) is 63.4 Å². The van der Waals surface area contributed by atoms with Gasteiger partial charge in [0.25, 0.3) is 0 Å². The van der Waals surface area contributed by atoms with Crippen molar-refractivity contribution in [3.05, 3.63) is 47.3 Å². The lowest BCUT2D eigenvalue weighted by Crippen LogP contribution is -2.34. The molecule has 8 nitrogen and oxygen atoms in total. The van der Waals surface area contributed by atoms with Crippen molar-refractivity contribution in [2.24, 2.45) is 0 Å². The number of thiol groups is 1. The van der Waals surface area contributed by atoms with Crippen LogP contribution < -0.4 is 0 Å². The lowest BCUT2D eigenvalue weighted by Gasteiger charge is -2.31. The maximum atomic E-state index is 15.3. The molecule has 5 rings (SSSR count). The second kappa shape index (κ2) is 9.66. The van der Waals surface area contributed by atoms with Crippen molar-refractivity contribution in [1.29, 1.82) is 0 Å². The fraction of sp³-hybridized carbons (Fsp3) is 0.480. The molecule has 1 aliphatic rings. The molecule has 0 aliphatic carbocycles. The number of nitrogens with zero attached hydrogens (tertiary/aromatic N) is 5. The normalized spacial score (nSPS) is 15.8. The second-order valence-corrected chi connectivity index (χ2v) is 10.9. The number of aryl methyl sites for hydroxylation is 1. The van der Waals surface area contributed by atoms with E-state index in [0.717, 1.165) is 66.0 Å². The quantitative estimate of drug-likeness (QED) is 0.374. The number of likely N-dealkylation sites (tertiary alicyclic amines) is 1. The van der Waals surface area contributed by atoms with Gasteiger partial charge in [-0.3, -0.25) is 0 Å². The van der Waals surface area contributed by atoms with Gasteiger partial charge in [-0.25, -0.2) is 27.3 Å². The standard InChI is InChI=1S/C25H31FN6O2S/c1-15(2)21-23(18-11-16(3)25-27-14-28-32(25)13-18)29-20-12-19(26)22(30-24(20)21)17-5-8-31(9-6-17)7-4-10-35(33)34/h11-15,17,29,35H,4-10H2,1-3H3. The van der Waals surface area contributed by atoms with Crippen LogP contribution in [0.2, 0.25) is 0 Å². The molecule has 1 fully saturated rings. The van der Waals surface area contributed by atoms with Crippen LogP contribution in [0.1, 0.15) is 61.8 Å². The SMILES string of the molecule is Cc1cc(-c2[nH]c3cc(F)c(C4CCN(CCC[SH](=O)=O)CC4)nc3c2C(C)C)cn2ncnc12. The minimum absolute atomic E-state index is 0.0545. The lowest BCUT2D eigenvalue weighted by molar-refractivity contribution is 0.210. The molecule has 0 amide bonds. The number of piperidine rings is 1. The summed E-state index contributed by atoms with van der Waals surface area (Å²) < 4.78 is 38.7. The van der Waals surface area contributed by atoms with Crippen LogP contribution >= 0.6 is 0 Å². The van der Waals surface area contributed by atoms with Gasteiger partial charge in [0, 0.05) is 35.1 Å². The molecule has 35 heavy (non-hydrogen) atoms. The number of fused-ring (bicyclic) bond motifs is 2. The molecule has 0 atom stereocenters. The van der Waals surface area contributed by atoms with Crippen LogP contribution in [-0.2, 0) is 10.7 Å². The Morgan fingerprint density at radius 1 is 1.23 bits per heavy atom. The Kier molecular flexibility index (Phi) is 6.59. The maximum Gasteiger partial charge on any atom is 0.158 e. The summed E-state index contributed by atoms with van der Waals surface area (Å²) in [7, 11) is -2.32. The zero-order valence-corrected chi connectivity index (χ0v) is 21.2. The smallest absolute Gasteiger partial charge is 0.158 e. The van der Waals surface area contributed by atoms with E-state index < -0.39 is 10.7 Å². The number of halogens is 1. The third-order valence-corrected chi connectivity index (χ3v) is 7.68. The topological polar surface area (TPSA) is 96.2 Å². The van der Waals surface area contributed by atoms with Gasteiger partial charge in [-0.15, -0.1) is 0 Å². The van der Waals surface area contributed by atoms with Crippen LogP contribution in [0.25, 0.3) is 27.9 Å². The number of H-pyrrole nitrogens is 1. The van der Waals surface area contributed by atoms with Crippen molar-refractivity contribution < 1.29 is 12.8 Å². The van der Waals surface area contributed by atoms with Crippen LogP contribution in [0.3, 0.4) is 0 Å². The third kappa shape index (κ3) is 4.69. The molecule has 1 aliphatic heterocycles. The van der Waals surface area contributed by atoms with Crippen LogP contribution in [0, 0.1) is 12.7 Å². The Bertz CT molecular complexity index is 1440. The molecule has 4 aromatic rings. The van der Waals surface area contributed by atoms with E-state index >= 15 is 4.39 Å². The number of hydrogen-bond acceptors (Lipinski definition) is 6. The predicted molar refractivity (Wildman–Crippen MR) is 135 cm³/mol. The molecule has 10 heteroatoms. The van der Waals surface area contributed by atoms with E-state index in [0.29, 0.717) is 17.6 Å². The average molecular weight is 499 g/mol. The molecule has 0 unspecified atom stereocenters. The van der Waals surface area contributed by atoms with Gasteiger partial charge >= 0.3 is 0 Å². The van der Waals surface area contributed by atoms with E-state index in [1.165, 1.54) is 0 Å². The largest absolute Gasteiger partial charge is 0.353 e. The van der Waals surface area contributed by atoms with Crippen LogP contribution in [0.4, 0.5) is 4.39 Å². The van der Waals surface area contributed by atoms with E-state index in [2.05, 4.69) is 39.9 Å². The number of pyridine rings is 2. The summed E-state index contributed by atoms with van der Waals surface area (Å²) in [5.41, 5.74) is 6.87. The molecule has 1 saturated heterocycles. The summed E-state index contributed by atoms with van der Waals surface area (Å²) in [6.45, 7) is 8.68. The van der Waals surface area contributed by atoms with Gasteiger partial charge in [0.2, 0.25) is 0 Å². The van der Waals surface area contributed by atoms with Gasteiger partial charge in [-0.1, -0.05) is 13.8 Å². The Balaban J connectivity index is 1.47. The summed E-state index contributed by atoms with van der Waals surface area (Å²) >= 11 is 0. The molecule has 4 aromatic heterocycles. The number of aromatic amines is 1. The minimum Gasteiger partial charge on any atom is -0.353 e. The van der Waals surface area contributed by atoms with Crippen molar-refractivity contribution in [2.75, 3.05) is 25.4 Å². The first kappa shape index (κ1) is 23.9. The maximum absolute atomic E-state index is 15.3. The summed E-state index contributed by atoms with van der Waals surface area (Å²) in [6.07, 6.45) is 5.76. The average Bonchev–Trinajstić information content (AvgIpc) is 3.43. The van der Waals surface area contributed by atoms with E-state index in [9.17, 15) is 8.42 Å². The predicted octanol–water partition coefficient (Wildman–Crippen LogP) is 4.02. The molecule has 0 aromatic carbocycles. The van der Waals surface area contributed by atoms with Crippen molar-refractivity contribution in [2.45, 2.75) is 51.9 Å². The third-order valence-electron chi connectivity index (χ3n) is 7.00. The summed E-state index contributed by atoms with van der Waals surface area (Å²) in [6, 6.07) is 3.67. The van der Waals surface area contributed by atoms with E-state index in [4.69, 9.17) is 4.98 Å². The van der Waals surface area contributed by atoms with Crippen LogP contribution in [0.5, 0.6) is 0 Å². The number of rotatable bonds is 7. The van der Waals surface area contributed by atoms with Crippen LogP contribution in [-0.4, -0.2) is 63.3 Å². The zero-order chi connectivity index (χ0) is 24.7. The number of hydrogen-bond donors (Lipinski definition) is 2. The molecule has 1 N–H and O–H groups in total. The van der Waals surface area contributed by atoms with E-state index in [-0.39, 0.29) is 23.4 Å². The van der Waals surface area contributed by atoms with Crippen LogP contribution in [0.15, 0.2) is 24.7 Å². The molecule has 0 radical (unpaired) electrons. The second-order valence-electron chi connectivity index (χ2n) is 9.79. The Morgan fingerprint density at radius 2 is 2.00 bits per heavy atom. The molecular formula is C25H31FN6O2S. The summed E-state index contributed by atoms with van der Waals surface area (Å²) in [5, 5.41) is 4.30. The van der Waals surface area contributed by atoms with Gasteiger partial charge < -0.3 is 9.88 Å². The van der Waals surface area contributed by atoms with Crippen molar-refractivity contribution in [3.8, 4) is 11.3 Å². The lowest BCUT2D eigenvalue weighted by atomic mass is 9.92. The monoisotopic (exact) mass is 498 g/mol. The van der Waals surface area contributed by atoms with Gasteiger partial charge in [0.05, 0.1) is 22.4 Å². The Hall–Kier alpha value is -2.85. The Labute approximate surface area is 205 Å².